The maximum atomic E-state index is 14.3. The van der Waals surface area contributed by atoms with Crippen molar-refractivity contribution in [2.24, 2.45) is 0 Å². The fraction of sp³-hybridized carbons (Fsp3) is 0.207. The van der Waals surface area contributed by atoms with E-state index in [1.165, 1.54) is 29.3 Å². The number of hydrogen-bond acceptors (Lipinski definition) is 1. The number of nitrogens with zero attached hydrogens (tertiary/aromatic N) is 1. The van der Waals surface area contributed by atoms with E-state index >= 15 is 0 Å². The number of hydrogen-bond donors (Lipinski definition) is 0. The molecule has 0 bridgehead atoms. The molecule has 0 amide bonds. The van der Waals surface area contributed by atoms with Crippen molar-refractivity contribution >= 4 is 0 Å². The van der Waals surface area contributed by atoms with Crippen LogP contribution in [0.25, 0.3) is 33.6 Å². The Bertz CT molecular complexity index is 1470. The van der Waals surface area contributed by atoms with Crippen molar-refractivity contribution in [3.63, 3.8) is 0 Å². The summed E-state index contributed by atoms with van der Waals surface area (Å²) in [4.78, 5) is 4.68. The van der Waals surface area contributed by atoms with Gasteiger partial charge in [0.05, 0.1) is 11.4 Å². The van der Waals surface area contributed by atoms with Crippen LogP contribution in [-0.4, -0.2) is 17.8 Å². The second-order valence-electron chi connectivity index (χ2n) is 9.61. The Kier molecular flexibility index (Phi) is 4.21. The highest BCUT2D eigenvalue weighted by Gasteiger charge is 2.62. The van der Waals surface area contributed by atoms with E-state index in [1.807, 2.05) is 18.2 Å². The summed E-state index contributed by atoms with van der Waals surface area (Å²) in [7, 11) is 0. The van der Waals surface area contributed by atoms with Gasteiger partial charge in [-0.25, -0.2) is 9.37 Å². The Morgan fingerprint density at radius 2 is 1.35 bits per heavy atom. The standard InChI is InChI=1S/C29H21F4N/c1-27(2)21-9-5-3-7-18(21)19-12-11-17(15-24(19)27)25-14-13-23-26(34-25)20-8-4-6-10-22(20)28(23,16-30)29(31,32)33/h3-15H,16H2,1-2H3. The van der Waals surface area contributed by atoms with Crippen LogP contribution in [0.4, 0.5) is 17.6 Å². The van der Waals surface area contributed by atoms with Crippen LogP contribution in [0.5, 0.6) is 0 Å². The van der Waals surface area contributed by atoms with Gasteiger partial charge >= 0.3 is 6.18 Å². The minimum absolute atomic E-state index is 0.0739. The van der Waals surface area contributed by atoms with E-state index in [1.54, 1.807) is 18.2 Å². The first kappa shape index (κ1) is 21.1. The van der Waals surface area contributed by atoms with Crippen LogP contribution in [0.2, 0.25) is 0 Å². The third kappa shape index (κ3) is 2.53. The first-order chi connectivity index (χ1) is 16.2. The van der Waals surface area contributed by atoms with Crippen LogP contribution < -0.4 is 0 Å². The third-order valence-electron chi connectivity index (χ3n) is 7.56. The van der Waals surface area contributed by atoms with Crippen LogP contribution in [0.1, 0.15) is 36.1 Å². The van der Waals surface area contributed by atoms with Crippen molar-refractivity contribution in [2.45, 2.75) is 30.9 Å². The van der Waals surface area contributed by atoms with E-state index in [-0.39, 0.29) is 22.2 Å². The zero-order chi connectivity index (χ0) is 23.9. The highest BCUT2D eigenvalue weighted by atomic mass is 19.4. The lowest BCUT2D eigenvalue weighted by Crippen LogP contribution is -2.44. The summed E-state index contributed by atoms with van der Waals surface area (Å²) >= 11 is 0. The summed E-state index contributed by atoms with van der Waals surface area (Å²) in [6, 6.07) is 23.5. The highest BCUT2D eigenvalue weighted by Crippen LogP contribution is 2.56. The van der Waals surface area contributed by atoms with Crippen LogP contribution in [-0.2, 0) is 10.8 Å². The summed E-state index contributed by atoms with van der Waals surface area (Å²) < 4.78 is 57.1. The molecule has 3 aromatic carbocycles. The number of aromatic nitrogens is 1. The van der Waals surface area contributed by atoms with Gasteiger partial charge in [0.25, 0.3) is 0 Å². The molecule has 5 heteroatoms. The molecule has 4 aromatic rings. The molecule has 34 heavy (non-hydrogen) atoms. The van der Waals surface area contributed by atoms with Crippen LogP contribution >= 0.6 is 0 Å². The largest absolute Gasteiger partial charge is 0.405 e. The van der Waals surface area contributed by atoms with Crippen LogP contribution in [0, 0.1) is 0 Å². The number of alkyl halides is 4. The third-order valence-corrected chi connectivity index (χ3v) is 7.56. The molecule has 6 rings (SSSR count). The number of rotatable bonds is 2. The SMILES string of the molecule is CC1(C)c2ccccc2-c2ccc(-c3ccc4c(n3)-c3ccccc3C4(CF)C(F)(F)F)cc21. The maximum Gasteiger partial charge on any atom is 0.405 e. The normalized spacial score (nSPS) is 19.4. The van der Waals surface area contributed by atoms with Gasteiger partial charge in [-0.1, -0.05) is 80.6 Å². The molecular formula is C29H21F4N. The molecule has 0 saturated carbocycles. The Hall–Kier alpha value is -3.47. The smallest absolute Gasteiger partial charge is 0.249 e. The lowest BCUT2D eigenvalue weighted by atomic mass is 9.79. The predicted molar refractivity (Wildman–Crippen MR) is 125 cm³/mol. The zero-order valence-electron chi connectivity index (χ0n) is 18.7. The van der Waals surface area contributed by atoms with E-state index in [0.29, 0.717) is 11.3 Å². The van der Waals surface area contributed by atoms with Crippen molar-refractivity contribution < 1.29 is 17.6 Å². The van der Waals surface area contributed by atoms with Crippen LogP contribution in [0.15, 0.2) is 78.9 Å². The lowest BCUT2D eigenvalue weighted by Gasteiger charge is -2.31. The molecular weight excluding hydrogens is 438 g/mol. The van der Waals surface area contributed by atoms with Gasteiger partial charge in [0.15, 0.2) is 0 Å². The minimum Gasteiger partial charge on any atom is -0.249 e. The van der Waals surface area contributed by atoms with Crippen molar-refractivity contribution in [1.29, 1.82) is 0 Å². The van der Waals surface area contributed by atoms with Crippen molar-refractivity contribution in [3.8, 4) is 33.6 Å². The van der Waals surface area contributed by atoms with Crippen molar-refractivity contribution in [2.75, 3.05) is 6.67 Å². The molecule has 2 aliphatic carbocycles. The molecule has 1 atom stereocenters. The fourth-order valence-electron chi connectivity index (χ4n) is 5.77. The average Bonchev–Trinajstić information content (AvgIpc) is 3.25. The van der Waals surface area contributed by atoms with Gasteiger partial charge in [-0.05, 0) is 39.9 Å². The summed E-state index contributed by atoms with van der Waals surface area (Å²) in [5.41, 5.74) is 3.59. The summed E-state index contributed by atoms with van der Waals surface area (Å²) in [6.45, 7) is 2.78. The van der Waals surface area contributed by atoms with E-state index in [4.69, 9.17) is 0 Å². The molecule has 0 aliphatic heterocycles. The van der Waals surface area contributed by atoms with Gasteiger partial charge in [0.1, 0.15) is 12.1 Å². The van der Waals surface area contributed by atoms with Gasteiger partial charge in [-0.2, -0.15) is 13.2 Å². The molecule has 1 aromatic heterocycles. The molecule has 0 saturated heterocycles. The number of benzene rings is 3. The molecule has 1 heterocycles. The summed E-state index contributed by atoms with van der Waals surface area (Å²) in [6.07, 6.45) is -4.78. The van der Waals surface area contributed by atoms with Gasteiger partial charge in [-0.3, -0.25) is 0 Å². The second-order valence-corrected chi connectivity index (χ2v) is 9.61. The summed E-state index contributed by atoms with van der Waals surface area (Å²) in [5.74, 6) is 0. The molecule has 1 unspecified atom stereocenters. The number of pyridine rings is 1. The van der Waals surface area contributed by atoms with Crippen LogP contribution in [0.3, 0.4) is 0 Å². The van der Waals surface area contributed by atoms with Gasteiger partial charge in [0, 0.05) is 22.1 Å². The first-order valence-electron chi connectivity index (χ1n) is 11.2. The number of fused-ring (bicyclic) bond motifs is 6. The fourth-order valence-corrected chi connectivity index (χ4v) is 5.77. The molecule has 0 fully saturated rings. The molecule has 170 valence electrons. The zero-order valence-corrected chi connectivity index (χ0v) is 18.7. The number of halogens is 4. The quantitative estimate of drug-likeness (QED) is 0.278. The molecule has 0 radical (unpaired) electrons. The van der Waals surface area contributed by atoms with Crippen molar-refractivity contribution in [3.05, 3.63) is 101 Å². The van der Waals surface area contributed by atoms with E-state index in [0.717, 1.165) is 16.7 Å². The second kappa shape index (κ2) is 6.78. The monoisotopic (exact) mass is 459 g/mol. The molecule has 2 aliphatic rings. The van der Waals surface area contributed by atoms with Gasteiger partial charge in [-0.15, -0.1) is 0 Å². The van der Waals surface area contributed by atoms with Crippen molar-refractivity contribution in [1.82, 2.24) is 4.98 Å². The molecule has 0 spiro atoms. The molecule has 0 N–H and O–H groups in total. The Labute approximate surface area is 195 Å². The minimum atomic E-state index is -4.78. The topological polar surface area (TPSA) is 12.9 Å². The summed E-state index contributed by atoms with van der Waals surface area (Å²) in [5, 5.41) is 0. The van der Waals surface area contributed by atoms with E-state index in [9.17, 15) is 17.6 Å². The predicted octanol–water partition coefficient (Wildman–Crippen LogP) is 7.85. The van der Waals surface area contributed by atoms with E-state index in [2.05, 4.69) is 43.1 Å². The Balaban J connectivity index is 1.54. The van der Waals surface area contributed by atoms with E-state index < -0.39 is 18.3 Å². The maximum absolute atomic E-state index is 14.3. The first-order valence-corrected chi connectivity index (χ1v) is 11.2. The lowest BCUT2D eigenvalue weighted by molar-refractivity contribution is -0.181. The van der Waals surface area contributed by atoms with Gasteiger partial charge < -0.3 is 0 Å². The molecule has 1 nitrogen and oxygen atoms in total. The Morgan fingerprint density at radius 1 is 0.706 bits per heavy atom. The Morgan fingerprint density at radius 3 is 2.06 bits per heavy atom. The average molecular weight is 459 g/mol. The van der Waals surface area contributed by atoms with Gasteiger partial charge in [0.2, 0.25) is 0 Å². The highest BCUT2D eigenvalue weighted by molar-refractivity contribution is 5.84.